The fourth-order valence-corrected chi connectivity index (χ4v) is 1.44. The third-order valence-corrected chi connectivity index (χ3v) is 2.47. The fourth-order valence-electron chi connectivity index (χ4n) is 1.44. The van der Waals surface area contributed by atoms with Gasteiger partial charge in [-0.05, 0) is 12.0 Å². The first-order chi connectivity index (χ1) is 9.83. The van der Waals surface area contributed by atoms with Crippen molar-refractivity contribution in [2.45, 2.75) is 46.6 Å². The number of alkyl carbamates (subject to hydrolysis) is 1. The van der Waals surface area contributed by atoms with Gasteiger partial charge in [-0.1, -0.05) is 76.1 Å². The summed E-state index contributed by atoms with van der Waals surface area (Å²) in [5, 5.41) is 2.68. The van der Waals surface area contributed by atoms with Crippen LogP contribution in [0.25, 0.3) is 0 Å². The summed E-state index contributed by atoms with van der Waals surface area (Å²) in [5.74, 6) is 0. The quantitative estimate of drug-likeness (QED) is 0.580. The molecule has 0 atom stereocenters. The molecule has 20 heavy (non-hydrogen) atoms. The number of ether oxygens (including phenoxy) is 1. The van der Waals surface area contributed by atoms with Crippen molar-refractivity contribution in [3.05, 3.63) is 48.0 Å². The van der Waals surface area contributed by atoms with Gasteiger partial charge in [-0.15, -0.1) is 0 Å². The van der Waals surface area contributed by atoms with Gasteiger partial charge in [0.1, 0.15) is 6.61 Å². The SMILES string of the molecule is CC.CCCC/C=C\CNC(=O)OCc1ccccc1. The Labute approximate surface area is 123 Å². The van der Waals surface area contributed by atoms with Gasteiger partial charge < -0.3 is 10.1 Å². The van der Waals surface area contributed by atoms with Crippen molar-refractivity contribution in [3.63, 3.8) is 0 Å². The lowest BCUT2D eigenvalue weighted by Gasteiger charge is -2.05. The van der Waals surface area contributed by atoms with Crippen LogP contribution in [0.5, 0.6) is 0 Å². The van der Waals surface area contributed by atoms with Crippen molar-refractivity contribution >= 4 is 6.09 Å². The van der Waals surface area contributed by atoms with Crippen LogP contribution >= 0.6 is 0 Å². The van der Waals surface area contributed by atoms with Gasteiger partial charge in [0.2, 0.25) is 0 Å². The molecule has 1 N–H and O–H groups in total. The molecule has 0 fully saturated rings. The number of carbonyl (C=O) groups excluding carboxylic acids is 1. The number of benzene rings is 1. The number of nitrogens with one attached hydrogen (secondary N) is 1. The summed E-state index contributed by atoms with van der Waals surface area (Å²) in [6, 6.07) is 9.64. The number of carbonyl (C=O) groups is 1. The normalized spacial score (nSPS) is 9.75. The minimum absolute atomic E-state index is 0.312. The Hall–Kier alpha value is -1.77. The smallest absolute Gasteiger partial charge is 0.407 e. The Morgan fingerprint density at radius 3 is 2.55 bits per heavy atom. The van der Waals surface area contributed by atoms with Crippen LogP contribution in [-0.2, 0) is 11.3 Å². The third-order valence-electron chi connectivity index (χ3n) is 2.47. The highest BCUT2D eigenvalue weighted by Gasteiger charge is 1.99. The summed E-state index contributed by atoms with van der Waals surface area (Å²) in [5.41, 5.74) is 0.992. The summed E-state index contributed by atoms with van der Waals surface area (Å²) in [4.78, 5) is 11.3. The van der Waals surface area contributed by atoms with E-state index in [1.807, 2.05) is 50.3 Å². The average Bonchev–Trinajstić information content (AvgIpc) is 2.52. The Balaban J connectivity index is 0.00000172. The molecule has 112 valence electrons. The fraction of sp³-hybridized carbons (Fsp3) is 0.471. The largest absolute Gasteiger partial charge is 0.445 e. The van der Waals surface area contributed by atoms with Gasteiger partial charge in [0.25, 0.3) is 0 Å². The lowest BCUT2D eigenvalue weighted by Crippen LogP contribution is -2.24. The number of allylic oxidation sites excluding steroid dienone is 1. The van der Waals surface area contributed by atoms with Crippen LogP contribution in [0, 0.1) is 0 Å². The zero-order chi connectivity index (χ0) is 15.1. The zero-order valence-corrected chi connectivity index (χ0v) is 12.9. The topological polar surface area (TPSA) is 38.3 Å². The van der Waals surface area contributed by atoms with Gasteiger partial charge in [0.05, 0.1) is 0 Å². The van der Waals surface area contributed by atoms with Gasteiger partial charge in [-0.2, -0.15) is 0 Å². The summed E-state index contributed by atoms with van der Waals surface area (Å²) in [6.45, 7) is 7.00. The molecular formula is C17H27NO2. The second-order valence-corrected chi connectivity index (χ2v) is 4.06. The van der Waals surface area contributed by atoms with Gasteiger partial charge >= 0.3 is 6.09 Å². The van der Waals surface area contributed by atoms with E-state index in [0.29, 0.717) is 13.2 Å². The van der Waals surface area contributed by atoms with E-state index in [-0.39, 0.29) is 6.09 Å². The molecule has 0 bridgehead atoms. The molecule has 1 rings (SSSR count). The van der Waals surface area contributed by atoms with Crippen LogP contribution in [0.2, 0.25) is 0 Å². The molecule has 1 amide bonds. The van der Waals surface area contributed by atoms with E-state index in [1.165, 1.54) is 12.8 Å². The van der Waals surface area contributed by atoms with E-state index >= 15 is 0 Å². The molecule has 0 spiro atoms. The average molecular weight is 277 g/mol. The monoisotopic (exact) mass is 277 g/mol. The molecule has 0 saturated heterocycles. The molecular weight excluding hydrogens is 250 g/mol. The van der Waals surface area contributed by atoms with Crippen LogP contribution in [-0.4, -0.2) is 12.6 Å². The molecule has 0 saturated carbocycles. The number of rotatable bonds is 7. The number of hydrogen-bond donors (Lipinski definition) is 1. The molecule has 0 aliphatic heterocycles. The van der Waals surface area contributed by atoms with Crippen molar-refractivity contribution in [3.8, 4) is 0 Å². The van der Waals surface area contributed by atoms with Crippen LogP contribution in [0.4, 0.5) is 4.79 Å². The van der Waals surface area contributed by atoms with Crippen molar-refractivity contribution in [1.29, 1.82) is 0 Å². The van der Waals surface area contributed by atoms with E-state index in [1.54, 1.807) is 0 Å². The maximum absolute atomic E-state index is 11.3. The van der Waals surface area contributed by atoms with Crippen molar-refractivity contribution in [2.75, 3.05) is 6.54 Å². The van der Waals surface area contributed by atoms with Gasteiger partial charge in [0.15, 0.2) is 0 Å². The molecule has 0 heterocycles. The highest BCUT2D eigenvalue weighted by atomic mass is 16.5. The van der Waals surface area contributed by atoms with E-state index in [9.17, 15) is 4.79 Å². The predicted molar refractivity (Wildman–Crippen MR) is 84.6 cm³/mol. The van der Waals surface area contributed by atoms with Crippen LogP contribution in [0.3, 0.4) is 0 Å². The lowest BCUT2D eigenvalue weighted by molar-refractivity contribution is 0.140. The van der Waals surface area contributed by atoms with Crippen molar-refractivity contribution in [1.82, 2.24) is 5.32 Å². The van der Waals surface area contributed by atoms with Crippen LogP contribution < -0.4 is 5.32 Å². The Bertz CT molecular complexity index is 361. The Morgan fingerprint density at radius 1 is 1.20 bits per heavy atom. The minimum atomic E-state index is -0.376. The molecule has 0 radical (unpaired) electrons. The molecule has 0 aliphatic rings. The second kappa shape index (κ2) is 13.7. The van der Waals surface area contributed by atoms with E-state index in [4.69, 9.17) is 4.74 Å². The number of hydrogen-bond acceptors (Lipinski definition) is 2. The Morgan fingerprint density at radius 2 is 1.90 bits per heavy atom. The van der Waals surface area contributed by atoms with Gasteiger partial charge in [-0.25, -0.2) is 4.79 Å². The first-order valence-electron chi connectivity index (χ1n) is 7.42. The minimum Gasteiger partial charge on any atom is -0.445 e. The zero-order valence-electron chi connectivity index (χ0n) is 12.9. The molecule has 1 aromatic carbocycles. The Kier molecular flexibility index (Phi) is 12.4. The van der Waals surface area contributed by atoms with E-state index in [0.717, 1.165) is 12.0 Å². The maximum atomic E-state index is 11.3. The van der Waals surface area contributed by atoms with Crippen LogP contribution in [0.15, 0.2) is 42.5 Å². The van der Waals surface area contributed by atoms with E-state index < -0.39 is 0 Å². The number of unbranched alkanes of at least 4 members (excludes halogenated alkanes) is 2. The third kappa shape index (κ3) is 10.2. The molecule has 0 unspecified atom stereocenters. The summed E-state index contributed by atoms with van der Waals surface area (Å²) < 4.78 is 5.07. The van der Waals surface area contributed by atoms with Gasteiger partial charge in [-0.3, -0.25) is 0 Å². The predicted octanol–water partition coefficient (Wildman–Crippen LogP) is 4.69. The first-order valence-corrected chi connectivity index (χ1v) is 7.42. The van der Waals surface area contributed by atoms with Crippen molar-refractivity contribution in [2.24, 2.45) is 0 Å². The summed E-state index contributed by atoms with van der Waals surface area (Å²) in [6.07, 6.45) is 7.11. The highest BCUT2D eigenvalue weighted by molar-refractivity contribution is 5.67. The first kappa shape index (κ1) is 18.2. The molecule has 0 aromatic heterocycles. The van der Waals surface area contributed by atoms with E-state index in [2.05, 4.69) is 18.3 Å². The molecule has 1 aromatic rings. The standard InChI is InChI=1S/C15H21NO2.C2H6/c1-2-3-4-5-9-12-16-15(17)18-13-14-10-7-6-8-11-14;1-2/h5-11H,2-4,12-13H2,1H3,(H,16,17);1-2H3/b9-5-;. The number of amides is 1. The molecule has 3 nitrogen and oxygen atoms in total. The van der Waals surface area contributed by atoms with Crippen molar-refractivity contribution < 1.29 is 9.53 Å². The highest BCUT2D eigenvalue weighted by Crippen LogP contribution is 2.00. The summed E-state index contributed by atoms with van der Waals surface area (Å²) in [7, 11) is 0. The molecule has 3 heteroatoms. The van der Waals surface area contributed by atoms with Crippen LogP contribution in [0.1, 0.15) is 45.6 Å². The maximum Gasteiger partial charge on any atom is 0.407 e. The summed E-state index contributed by atoms with van der Waals surface area (Å²) >= 11 is 0. The second-order valence-electron chi connectivity index (χ2n) is 4.06. The molecule has 0 aliphatic carbocycles. The lowest BCUT2D eigenvalue weighted by atomic mass is 10.2. The van der Waals surface area contributed by atoms with Gasteiger partial charge in [0, 0.05) is 6.54 Å².